The molecular weight excluding hydrogens is 333 g/mol. The first-order valence-corrected chi connectivity index (χ1v) is 7.03. The van der Waals surface area contributed by atoms with Crippen LogP contribution in [0.2, 0.25) is 0 Å². The number of amides is 1. The molecule has 0 fully saturated rings. The van der Waals surface area contributed by atoms with Crippen molar-refractivity contribution in [1.29, 1.82) is 0 Å². The Labute approximate surface area is 122 Å². The molecule has 1 amide bonds. The first-order chi connectivity index (χ1) is 8.97. The highest BCUT2D eigenvalue weighted by molar-refractivity contribution is 9.10. The van der Waals surface area contributed by atoms with Crippen molar-refractivity contribution in [3.63, 3.8) is 0 Å². The molecule has 1 aromatic heterocycles. The van der Waals surface area contributed by atoms with Crippen LogP contribution in [0, 0.1) is 12.7 Å². The highest BCUT2D eigenvalue weighted by atomic mass is 79.9. The van der Waals surface area contributed by atoms with Crippen molar-refractivity contribution >= 4 is 33.4 Å². The monoisotopic (exact) mass is 343 g/mol. The van der Waals surface area contributed by atoms with E-state index in [1.54, 1.807) is 26.1 Å². The molecule has 0 aliphatic carbocycles. The second-order valence-corrected chi connectivity index (χ2v) is 5.66. The van der Waals surface area contributed by atoms with Crippen molar-refractivity contribution in [2.75, 3.05) is 7.05 Å². The number of halogens is 2. The Morgan fingerprint density at radius 3 is 2.84 bits per heavy atom. The van der Waals surface area contributed by atoms with E-state index in [1.165, 1.54) is 11.0 Å². The fourth-order valence-electron chi connectivity index (χ4n) is 1.53. The summed E-state index contributed by atoms with van der Waals surface area (Å²) in [7, 11) is 1.65. The van der Waals surface area contributed by atoms with Gasteiger partial charge in [-0.2, -0.15) is 4.37 Å². The van der Waals surface area contributed by atoms with Gasteiger partial charge in [-0.25, -0.2) is 9.37 Å². The highest BCUT2D eigenvalue weighted by Crippen LogP contribution is 2.18. The van der Waals surface area contributed by atoms with Crippen LogP contribution in [0.5, 0.6) is 0 Å². The molecule has 1 heterocycles. The molecule has 19 heavy (non-hydrogen) atoms. The zero-order valence-corrected chi connectivity index (χ0v) is 12.8. The number of nitrogens with zero attached hydrogens (tertiary/aromatic N) is 3. The van der Waals surface area contributed by atoms with E-state index in [0.29, 0.717) is 21.8 Å². The van der Waals surface area contributed by atoms with Crippen molar-refractivity contribution in [3.8, 4) is 0 Å². The van der Waals surface area contributed by atoms with Crippen molar-refractivity contribution in [3.05, 3.63) is 44.9 Å². The van der Waals surface area contributed by atoms with Gasteiger partial charge >= 0.3 is 0 Å². The van der Waals surface area contributed by atoms with Crippen LogP contribution in [-0.2, 0) is 6.54 Å². The molecule has 0 atom stereocenters. The Morgan fingerprint density at radius 2 is 2.26 bits per heavy atom. The van der Waals surface area contributed by atoms with E-state index in [1.807, 2.05) is 0 Å². The van der Waals surface area contributed by atoms with Crippen molar-refractivity contribution in [2.45, 2.75) is 13.5 Å². The predicted molar refractivity (Wildman–Crippen MR) is 74.5 cm³/mol. The van der Waals surface area contributed by atoms with E-state index in [0.717, 1.165) is 17.1 Å². The molecule has 4 nitrogen and oxygen atoms in total. The zero-order chi connectivity index (χ0) is 14.0. The molecule has 0 aliphatic rings. The van der Waals surface area contributed by atoms with E-state index in [4.69, 9.17) is 0 Å². The summed E-state index contributed by atoms with van der Waals surface area (Å²) in [5.74, 6) is 0.0236. The maximum Gasteiger partial charge on any atom is 0.284 e. The summed E-state index contributed by atoms with van der Waals surface area (Å²) in [5, 5.41) is 0.345. The molecule has 0 unspecified atom stereocenters. The second-order valence-electron chi connectivity index (χ2n) is 4.06. The molecule has 0 saturated carbocycles. The van der Waals surface area contributed by atoms with Crippen LogP contribution in [0.15, 0.2) is 22.7 Å². The van der Waals surface area contributed by atoms with Gasteiger partial charge < -0.3 is 4.90 Å². The van der Waals surface area contributed by atoms with E-state index in [2.05, 4.69) is 25.3 Å². The summed E-state index contributed by atoms with van der Waals surface area (Å²) in [5.41, 5.74) is 0.720. The molecule has 1 aromatic carbocycles. The summed E-state index contributed by atoms with van der Waals surface area (Å²) in [6.45, 7) is 2.05. The minimum absolute atomic E-state index is 0.214. The minimum Gasteiger partial charge on any atom is -0.335 e. The van der Waals surface area contributed by atoms with E-state index < -0.39 is 0 Å². The molecule has 2 aromatic rings. The molecular formula is C12H11BrFN3OS. The van der Waals surface area contributed by atoms with Gasteiger partial charge in [-0.15, -0.1) is 0 Å². The lowest BCUT2D eigenvalue weighted by molar-refractivity contribution is 0.0784. The lowest BCUT2D eigenvalue weighted by Crippen LogP contribution is -2.26. The van der Waals surface area contributed by atoms with Gasteiger partial charge in [-0.3, -0.25) is 4.79 Å². The fraction of sp³-hybridized carbons (Fsp3) is 0.250. The fourth-order valence-corrected chi connectivity index (χ4v) is 2.44. The van der Waals surface area contributed by atoms with Gasteiger partial charge in [-0.1, -0.05) is 6.07 Å². The Bertz CT molecular complexity index is 617. The quantitative estimate of drug-likeness (QED) is 0.860. The molecule has 100 valence electrons. The molecule has 0 saturated heterocycles. The molecule has 0 bridgehead atoms. The molecule has 2 rings (SSSR count). The topological polar surface area (TPSA) is 46.1 Å². The largest absolute Gasteiger partial charge is 0.335 e. The van der Waals surface area contributed by atoms with Crippen LogP contribution in [0.4, 0.5) is 4.39 Å². The third-order valence-corrected chi connectivity index (χ3v) is 3.90. The van der Waals surface area contributed by atoms with Gasteiger partial charge in [-0.05, 0) is 52.1 Å². The molecule has 0 radical (unpaired) electrons. The van der Waals surface area contributed by atoms with Gasteiger partial charge in [0.2, 0.25) is 5.01 Å². The van der Waals surface area contributed by atoms with Gasteiger partial charge in [0.15, 0.2) is 0 Å². The Morgan fingerprint density at radius 1 is 1.53 bits per heavy atom. The normalized spacial score (nSPS) is 10.5. The van der Waals surface area contributed by atoms with Crippen LogP contribution < -0.4 is 0 Å². The standard InChI is InChI=1S/C12H11BrFN3OS/c1-7-15-11(19-16-7)12(18)17(2)6-8-3-4-9(13)10(14)5-8/h3-5H,6H2,1-2H3. The Kier molecular flexibility index (Phi) is 4.26. The van der Waals surface area contributed by atoms with Crippen LogP contribution in [0.1, 0.15) is 21.2 Å². The predicted octanol–water partition coefficient (Wildman–Crippen LogP) is 3.02. The Hall–Kier alpha value is -1.34. The maximum atomic E-state index is 13.4. The van der Waals surface area contributed by atoms with Gasteiger partial charge in [0.25, 0.3) is 5.91 Å². The summed E-state index contributed by atoms with van der Waals surface area (Å²) in [6.07, 6.45) is 0. The molecule has 7 heteroatoms. The number of benzene rings is 1. The van der Waals surface area contributed by atoms with Crippen LogP contribution >= 0.6 is 27.5 Å². The highest BCUT2D eigenvalue weighted by Gasteiger charge is 2.16. The van der Waals surface area contributed by atoms with E-state index in [-0.39, 0.29) is 11.7 Å². The third-order valence-electron chi connectivity index (χ3n) is 2.46. The third kappa shape index (κ3) is 3.36. The number of hydrogen-bond acceptors (Lipinski definition) is 4. The van der Waals surface area contributed by atoms with Gasteiger partial charge in [0.05, 0.1) is 4.47 Å². The summed E-state index contributed by atoms with van der Waals surface area (Å²) < 4.78 is 17.8. The average molecular weight is 344 g/mol. The van der Waals surface area contributed by atoms with E-state index in [9.17, 15) is 9.18 Å². The summed E-state index contributed by atoms with van der Waals surface area (Å²) >= 11 is 4.16. The van der Waals surface area contributed by atoms with Crippen LogP contribution in [0.3, 0.4) is 0 Å². The first-order valence-electron chi connectivity index (χ1n) is 5.47. The minimum atomic E-state index is -0.342. The molecule has 0 spiro atoms. The first kappa shape index (κ1) is 14.1. The van der Waals surface area contributed by atoms with Crippen molar-refractivity contribution in [1.82, 2.24) is 14.3 Å². The maximum absolute atomic E-state index is 13.4. The van der Waals surface area contributed by atoms with Crippen molar-refractivity contribution in [2.24, 2.45) is 0 Å². The van der Waals surface area contributed by atoms with E-state index >= 15 is 0 Å². The Balaban J connectivity index is 2.10. The smallest absolute Gasteiger partial charge is 0.284 e. The number of hydrogen-bond donors (Lipinski definition) is 0. The molecule has 0 aliphatic heterocycles. The summed E-state index contributed by atoms with van der Waals surface area (Å²) in [4.78, 5) is 17.6. The second kappa shape index (κ2) is 5.75. The number of carbonyl (C=O) groups is 1. The zero-order valence-electron chi connectivity index (χ0n) is 10.4. The number of carbonyl (C=O) groups excluding carboxylic acids is 1. The number of rotatable bonds is 3. The van der Waals surface area contributed by atoms with Gasteiger partial charge in [0.1, 0.15) is 11.6 Å². The number of aromatic nitrogens is 2. The van der Waals surface area contributed by atoms with Crippen LogP contribution in [-0.4, -0.2) is 27.2 Å². The van der Waals surface area contributed by atoms with Crippen molar-refractivity contribution < 1.29 is 9.18 Å². The number of aryl methyl sites for hydroxylation is 1. The summed E-state index contributed by atoms with van der Waals surface area (Å²) in [6, 6.07) is 4.79. The van der Waals surface area contributed by atoms with Gasteiger partial charge in [0, 0.05) is 13.6 Å². The van der Waals surface area contributed by atoms with Crippen LogP contribution in [0.25, 0.3) is 0 Å². The average Bonchev–Trinajstić information content (AvgIpc) is 2.79. The SMILES string of the molecule is Cc1nsc(C(=O)N(C)Cc2ccc(Br)c(F)c2)n1. The molecule has 0 N–H and O–H groups in total. The lowest BCUT2D eigenvalue weighted by atomic mass is 10.2. The lowest BCUT2D eigenvalue weighted by Gasteiger charge is -2.15.